The molecule has 88 valence electrons. The monoisotopic (exact) mass is 226 g/mol. The molecule has 3 N–H and O–H groups in total. The number of amides is 3. The van der Waals surface area contributed by atoms with Crippen LogP contribution < -0.4 is 15.8 Å². The number of primary amides is 1. The predicted octanol–water partition coefficient (Wildman–Crippen LogP) is 0.0377. The van der Waals surface area contributed by atoms with Crippen LogP contribution in [-0.2, 0) is 4.79 Å². The molecule has 1 heterocycles. The van der Waals surface area contributed by atoms with E-state index in [0.717, 1.165) is 0 Å². The molecule has 7 nitrogen and oxygen atoms in total. The van der Waals surface area contributed by atoms with Crippen molar-refractivity contribution in [2.24, 2.45) is 5.73 Å². The Kier molecular flexibility index (Phi) is 3.87. The molecule has 0 fully saturated rings. The van der Waals surface area contributed by atoms with Gasteiger partial charge in [-0.2, -0.15) is 5.10 Å². The van der Waals surface area contributed by atoms with Crippen molar-refractivity contribution < 1.29 is 14.3 Å². The van der Waals surface area contributed by atoms with Crippen LogP contribution in [0.4, 0.5) is 4.79 Å². The molecule has 0 saturated heterocycles. The average Bonchev–Trinajstić information content (AvgIpc) is 2.61. The van der Waals surface area contributed by atoms with Crippen LogP contribution in [-0.4, -0.2) is 28.3 Å². The number of nitrogens with two attached hydrogens (primary N) is 1. The van der Waals surface area contributed by atoms with Crippen molar-refractivity contribution >= 4 is 11.9 Å². The first-order valence-corrected chi connectivity index (χ1v) is 4.75. The third kappa shape index (κ3) is 3.60. The molecule has 1 aromatic heterocycles. The molecule has 1 rings (SSSR count). The summed E-state index contributed by atoms with van der Waals surface area (Å²) in [5.41, 5.74) is 4.76. The van der Waals surface area contributed by atoms with E-state index >= 15 is 0 Å². The van der Waals surface area contributed by atoms with Crippen molar-refractivity contribution in [2.45, 2.75) is 19.9 Å². The Balaban J connectivity index is 2.42. The molecule has 7 heteroatoms. The Morgan fingerprint density at radius 1 is 1.62 bits per heavy atom. The molecular formula is C9H14N4O3. The SMILES string of the molecule is CC(C)n1cc(OCC(=O)NC(N)=O)cn1. The van der Waals surface area contributed by atoms with E-state index in [9.17, 15) is 9.59 Å². The summed E-state index contributed by atoms with van der Waals surface area (Å²) in [7, 11) is 0. The summed E-state index contributed by atoms with van der Waals surface area (Å²) < 4.78 is 6.79. The number of imide groups is 1. The summed E-state index contributed by atoms with van der Waals surface area (Å²) >= 11 is 0. The van der Waals surface area contributed by atoms with Gasteiger partial charge in [0.1, 0.15) is 0 Å². The summed E-state index contributed by atoms with van der Waals surface area (Å²) in [5.74, 6) is -0.127. The lowest BCUT2D eigenvalue weighted by atomic mass is 10.4. The minimum absolute atomic E-state index is 0.219. The van der Waals surface area contributed by atoms with E-state index in [2.05, 4.69) is 5.10 Å². The molecule has 0 atom stereocenters. The third-order valence-corrected chi connectivity index (χ3v) is 1.74. The topological polar surface area (TPSA) is 99.2 Å². The molecule has 0 radical (unpaired) electrons. The summed E-state index contributed by atoms with van der Waals surface area (Å²) in [6, 6.07) is -0.678. The summed E-state index contributed by atoms with van der Waals surface area (Å²) in [5, 5.41) is 5.91. The minimum atomic E-state index is -0.897. The third-order valence-electron chi connectivity index (χ3n) is 1.74. The van der Waals surface area contributed by atoms with Gasteiger partial charge in [-0.1, -0.05) is 0 Å². The lowest BCUT2D eigenvalue weighted by Crippen LogP contribution is -2.38. The van der Waals surface area contributed by atoms with Crippen molar-refractivity contribution in [3.63, 3.8) is 0 Å². The van der Waals surface area contributed by atoms with E-state index in [0.29, 0.717) is 5.75 Å². The molecule has 1 aromatic rings. The van der Waals surface area contributed by atoms with Gasteiger partial charge in [0, 0.05) is 6.04 Å². The maximum atomic E-state index is 11.0. The predicted molar refractivity (Wildman–Crippen MR) is 55.8 cm³/mol. The van der Waals surface area contributed by atoms with Crippen LogP contribution in [0, 0.1) is 0 Å². The zero-order valence-electron chi connectivity index (χ0n) is 9.14. The molecule has 0 aliphatic rings. The van der Waals surface area contributed by atoms with Crippen LogP contribution in [0.5, 0.6) is 5.75 Å². The Morgan fingerprint density at radius 2 is 2.31 bits per heavy atom. The molecule has 0 aromatic carbocycles. The largest absolute Gasteiger partial charge is 0.480 e. The zero-order chi connectivity index (χ0) is 12.1. The van der Waals surface area contributed by atoms with E-state index < -0.39 is 11.9 Å². The van der Waals surface area contributed by atoms with E-state index in [-0.39, 0.29) is 12.6 Å². The number of carbonyl (C=O) groups excluding carboxylic acids is 2. The highest BCUT2D eigenvalue weighted by Gasteiger charge is 2.07. The number of rotatable bonds is 4. The highest BCUT2D eigenvalue weighted by Crippen LogP contribution is 2.11. The molecule has 0 bridgehead atoms. The summed E-state index contributed by atoms with van der Waals surface area (Å²) in [6.07, 6.45) is 3.17. The van der Waals surface area contributed by atoms with E-state index in [1.54, 1.807) is 10.9 Å². The summed E-state index contributed by atoms with van der Waals surface area (Å²) in [4.78, 5) is 21.3. The Morgan fingerprint density at radius 3 is 2.81 bits per heavy atom. The Hall–Kier alpha value is -2.05. The highest BCUT2D eigenvalue weighted by molar-refractivity contribution is 5.94. The second kappa shape index (κ2) is 5.15. The first-order valence-electron chi connectivity index (χ1n) is 4.75. The van der Waals surface area contributed by atoms with Crippen LogP contribution in [0.2, 0.25) is 0 Å². The molecule has 3 amide bonds. The fraction of sp³-hybridized carbons (Fsp3) is 0.444. The maximum Gasteiger partial charge on any atom is 0.318 e. The van der Waals surface area contributed by atoms with Crippen LogP contribution in [0.15, 0.2) is 12.4 Å². The molecule has 0 saturated carbocycles. The van der Waals surface area contributed by atoms with Crippen molar-refractivity contribution in [3.8, 4) is 5.75 Å². The van der Waals surface area contributed by atoms with Crippen LogP contribution in [0.3, 0.4) is 0 Å². The van der Waals surface area contributed by atoms with Crippen molar-refractivity contribution in [2.75, 3.05) is 6.61 Å². The van der Waals surface area contributed by atoms with Crippen molar-refractivity contribution in [1.29, 1.82) is 0 Å². The van der Waals surface area contributed by atoms with Gasteiger partial charge >= 0.3 is 6.03 Å². The number of carbonyl (C=O) groups is 2. The van der Waals surface area contributed by atoms with Gasteiger partial charge in [0.05, 0.1) is 12.4 Å². The van der Waals surface area contributed by atoms with Gasteiger partial charge in [0.2, 0.25) is 0 Å². The van der Waals surface area contributed by atoms with Crippen LogP contribution >= 0.6 is 0 Å². The maximum absolute atomic E-state index is 11.0. The smallest absolute Gasteiger partial charge is 0.318 e. The second-order valence-electron chi connectivity index (χ2n) is 3.45. The average molecular weight is 226 g/mol. The minimum Gasteiger partial charge on any atom is -0.480 e. The van der Waals surface area contributed by atoms with Gasteiger partial charge < -0.3 is 10.5 Å². The number of hydrogen-bond acceptors (Lipinski definition) is 4. The van der Waals surface area contributed by atoms with Gasteiger partial charge in [0.25, 0.3) is 5.91 Å². The molecule has 0 spiro atoms. The molecule has 0 aliphatic heterocycles. The van der Waals surface area contributed by atoms with E-state index in [1.807, 2.05) is 19.2 Å². The zero-order valence-corrected chi connectivity index (χ0v) is 9.14. The molecule has 16 heavy (non-hydrogen) atoms. The normalized spacial score (nSPS) is 10.2. The molecule has 0 aliphatic carbocycles. The van der Waals surface area contributed by atoms with Gasteiger partial charge in [-0.25, -0.2) is 4.79 Å². The summed E-state index contributed by atoms with van der Waals surface area (Å²) in [6.45, 7) is 3.67. The fourth-order valence-corrected chi connectivity index (χ4v) is 1.000. The fourth-order valence-electron chi connectivity index (χ4n) is 1.000. The standard InChI is InChI=1S/C9H14N4O3/c1-6(2)13-4-7(3-11-13)16-5-8(14)12-9(10)15/h3-4,6H,5H2,1-2H3,(H3,10,12,14,15). The van der Waals surface area contributed by atoms with Crippen molar-refractivity contribution in [3.05, 3.63) is 12.4 Å². The van der Waals surface area contributed by atoms with Gasteiger partial charge in [0.15, 0.2) is 12.4 Å². The lowest BCUT2D eigenvalue weighted by Gasteiger charge is -2.04. The lowest BCUT2D eigenvalue weighted by molar-refractivity contribution is -0.121. The highest BCUT2D eigenvalue weighted by atomic mass is 16.5. The number of urea groups is 1. The number of aromatic nitrogens is 2. The Bertz CT molecular complexity index is 386. The number of ether oxygens (including phenoxy) is 1. The number of nitrogens with one attached hydrogen (secondary N) is 1. The number of nitrogens with zero attached hydrogens (tertiary/aromatic N) is 2. The van der Waals surface area contributed by atoms with Crippen LogP contribution in [0.1, 0.15) is 19.9 Å². The first kappa shape index (κ1) is 12.0. The first-order chi connectivity index (χ1) is 7.49. The van der Waals surface area contributed by atoms with Gasteiger partial charge in [-0.3, -0.25) is 14.8 Å². The van der Waals surface area contributed by atoms with Gasteiger partial charge in [-0.15, -0.1) is 0 Å². The van der Waals surface area contributed by atoms with E-state index in [4.69, 9.17) is 10.5 Å². The second-order valence-corrected chi connectivity index (χ2v) is 3.45. The van der Waals surface area contributed by atoms with Crippen LogP contribution in [0.25, 0.3) is 0 Å². The van der Waals surface area contributed by atoms with E-state index in [1.165, 1.54) is 6.20 Å². The van der Waals surface area contributed by atoms with Crippen molar-refractivity contribution in [1.82, 2.24) is 15.1 Å². The molecular weight excluding hydrogens is 212 g/mol. The number of hydrogen-bond donors (Lipinski definition) is 2. The molecule has 0 unspecified atom stereocenters. The quantitative estimate of drug-likeness (QED) is 0.756. The van der Waals surface area contributed by atoms with Gasteiger partial charge in [-0.05, 0) is 13.8 Å². The Labute approximate surface area is 92.6 Å².